The van der Waals surface area contributed by atoms with Crippen LogP contribution in [0.5, 0.6) is 0 Å². The lowest BCUT2D eigenvalue weighted by molar-refractivity contribution is 0.103. The number of fused-ring (bicyclic) bond motifs is 1. The maximum Gasteiger partial charge on any atom is 0.0588 e. The molecule has 1 aromatic rings. The van der Waals surface area contributed by atoms with Gasteiger partial charge in [0.15, 0.2) is 0 Å². The number of nitrogens with one attached hydrogen (secondary N) is 1. The second-order valence-electron chi connectivity index (χ2n) is 5.52. The molecule has 0 spiro atoms. The van der Waals surface area contributed by atoms with Crippen LogP contribution in [-0.4, -0.2) is 19.3 Å². The van der Waals surface area contributed by atoms with Gasteiger partial charge in [-0.25, -0.2) is 0 Å². The Bertz CT molecular complexity index is 384. The zero-order valence-electron chi connectivity index (χ0n) is 11.0. The Hall–Kier alpha value is -0.860. The SMILES string of the molecule is c1ccc2c(c1)CCCC2NCCC1CCCO1. The minimum atomic E-state index is 0.510. The van der Waals surface area contributed by atoms with E-state index in [1.54, 1.807) is 5.56 Å². The molecule has 3 rings (SSSR count). The number of hydrogen-bond donors (Lipinski definition) is 1. The summed E-state index contributed by atoms with van der Waals surface area (Å²) in [5.74, 6) is 0. The molecule has 18 heavy (non-hydrogen) atoms. The first kappa shape index (κ1) is 12.2. The van der Waals surface area contributed by atoms with Crippen LogP contribution in [0.15, 0.2) is 24.3 Å². The summed E-state index contributed by atoms with van der Waals surface area (Å²) >= 11 is 0. The molecule has 98 valence electrons. The maximum absolute atomic E-state index is 5.67. The molecule has 0 bridgehead atoms. The average molecular weight is 245 g/mol. The third kappa shape index (κ3) is 2.76. The lowest BCUT2D eigenvalue weighted by Crippen LogP contribution is -2.28. The van der Waals surface area contributed by atoms with Gasteiger partial charge in [-0.15, -0.1) is 0 Å². The van der Waals surface area contributed by atoms with E-state index in [1.165, 1.54) is 44.1 Å². The Morgan fingerprint density at radius 1 is 1.17 bits per heavy atom. The van der Waals surface area contributed by atoms with Crippen LogP contribution < -0.4 is 5.32 Å². The van der Waals surface area contributed by atoms with Gasteiger partial charge in [-0.3, -0.25) is 0 Å². The molecule has 1 aliphatic carbocycles. The standard InChI is InChI=1S/C16H23NO/c1-2-8-15-13(5-1)6-3-9-16(15)17-11-10-14-7-4-12-18-14/h1-2,5,8,14,16-17H,3-4,6-7,9-12H2. The summed E-state index contributed by atoms with van der Waals surface area (Å²) < 4.78 is 5.67. The lowest BCUT2D eigenvalue weighted by atomic mass is 9.87. The van der Waals surface area contributed by atoms with Gasteiger partial charge in [0, 0.05) is 12.6 Å². The molecule has 0 saturated carbocycles. The molecule has 1 saturated heterocycles. The molecule has 0 radical (unpaired) electrons. The molecule has 0 aromatic heterocycles. The Balaban J connectivity index is 1.54. The van der Waals surface area contributed by atoms with Crippen LogP contribution in [0.2, 0.25) is 0 Å². The van der Waals surface area contributed by atoms with Crippen LogP contribution >= 0.6 is 0 Å². The van der Waals surface area contributed by atoms with Crippen molar-refractivity contribution in [1.29, 1.82) is 0 Å². The fourth-order valence-corrected chi connectivity index (χ4v) is 3.26. The highest BCUT2D eigenvalue weighted by atomic mass is 16.5. The van der Waals surface area contributed by atoms with Crippen molar-refractivity contribution < 1.29 is 4.74 Å². The van der Waals surface area contributed by atoms with Crippen LogP contribution in [0, 0.1) is 0 Å². The minimum Gasteiger partial charge on any atom is -0.378 e. The summed E-state index contributed by atoms with van der Waals surface area (Å²) in [4.78, 5) is 0. The molecule has 0 amide bonds. The van der Waals surface area contributed by atoms with Gasteiger partial charge in [-0.1, -0.05) is 24.3 Å². The molecule has 2 nitrogen and oxygen atoms in total. The van der Waals surface area contributed by atoms with E-state index >= 15 is 0 Å². The molecule has 2 aliphatic rings. The number of aryl methyl sites for hydroxylation is 1. The first-order valence-corrected chi connectivity index (χ1v) is 7.36. The fraction of sp³-hybridized carbons (Fsp3) is 0.625. The molecule has 1 heterocycles. The first-order chi connectivity index (χ1) is 8.93. The Kier molecular flexibility index (Phi) is 3.96. The van der Waals surface area contributed by atoms with Gasteiger partial charge in [-0.2, -0.15) is 0 Å². The number of ether oxygens (including phenoxy) is 1. The number of benzene rings is 1. The summed E-state index contributed by atoms with van der Waals surface area (Å²) in [6.07, 6.45) is 8.02. The zero-order chi connectivity index (χ0) is 12.2. The second kappa shape index (κ2) is 5.85. The van der Waals surface area contributed by atoms with Crippen molar-refractivity contribution in [3.05, 3.63) is 35.4 Å². The monoisotopic (exact) mass is 245 g/mol. The molecule has 2 unspecified atom stereocenters. The normalized spacial score (nSPS) is 27.1. The van der Waals surface area contributed by atoms with Crippen LogP contribution in [0.1, 0.15) is 49.3 Å². The Labute approximate surface area is 110 Å². The summed E-state index contributed by atoms with van der Waals surface area (Å²) in [7, 11) is 0. The van der Waals surface area contributed by atoms with E-state index in [1.807, 2.05) is 0 Å². The molecule has 1 aliphatic heterocycles. The lowest BCUT2D eigenvalue weighted by Gasteiger charge is -2.26. The predicted molar refractivity (Wildman–Crippen MR) is 73.7 cm³/mol. The van der Waals surface area contributed by atoms with Crippen LogP contribution in [-0.2, 0) is 11.2 Å². The maximum atomic E-state index is 5.67. The highest BCUT2D eigenvalue weighted by Crippen LogP contribution is 2.29. The van der Waals surface area contributed by atoms with Crippen LogP contribution in [0.4, 0.5) is 0 Å². The van der Waals surface area contributed by atoms with Gasteiger partial charge in [-0.05, 0) is 56.2 Å². The van der Waals surface area contributed by atoms with Gasteiger partial charge < -0.3 is 10.1 Å². The van der Waals surface area contributed by atoms with Gasteiger partial charge in [0.05, 0.1) is 6.10 Å². The molecule has 1 fully saturated rings. The summed E-state index contributed by atoms with van der Waals surface area (Å²) in [5.41, 5.74) is 3.06. The third-order valence-corrected chi connectivity index (χ3v) is 4.25. The topological polar surface area (TPSA) is 21.3 Å². The van der Waals surface area contributed by atoms with Crippen molar-refractivity contribution in [3.8, 4) is 0 Å². The van der Waals surface area contributed by atoms with Crippen molar-refractivity contribution in [2.24, 2.45) is 0 Å². The van der Waals surface area contributed by atoms with Gasteiger partial charge in [0.25, 0.3) is 0 Å². The molecular weight excluding hydrogens is 222 g/mol. The molecular formula is C16H23NO. The van der Waals surface area contributed by atoms with Crippen LogP contribution in [0.3, 0.4) is 0 Å². The smallest absolute Gasteiger partial charge is 0.0588 e. The number of rotatable bonds is 4. The van der Waals surface area contributed by atoms with Crippen molar-refractivity contribution in [3.63, 3.8) is 0 Å². The van der Waals surface area contributed by atoms with E-state index < -0.39 is 0 Å². The molecule has 2 heteroatoms. The van der Waals surface area contributed by atoms with Gasteiger partial charge in [0.1, 0.15) is 0 Å². The van der Waals surface area contributed by atoms with Crippen molar-refractivity contribution in [2.75, 3.05) is 13.2 Å². The highest BCUT2D eigenvalue weighted by molar-refractivity contribution is 5.32. The first-order valence-electron chi connectivity index (χ1n) is 7.36. The van der Waals surface area contributed by atoms with E-state index in [0.717, 1.165) is 13.2 Å². The summed E-state index contributed by atoms with van der Waals surface area (Å²) in [5, 5.41) is 3.72. The Morgan fingerprint density at radius 2 is 2.11 bits per heavy atom. The Morgan fingerprint density at radius 3 is 3.00 bits per heavy atom. The fourth-order valence-electron chi connectivity index (χ4n) is 3.26. The van der Waals surface area contributed by atoms with Crippen molar-refractivity contribution >= 4 is 0 Å². The molecule has 1 aromatic carbocycles. The van der Waals surface area contributed by atoms with E-state index in [9.17, 15) is 0 Å². The van der Waals surface area contributed by atoms with E-state index in [-0.39, 0.29) is 0 Å². The van der Waals surface area contributed by atoms with E-state index in [0.29, 0.717) is 12.1 Å². The van der Waals surface area contributed by atoms with E-state index in [2.05, 4.69) is 29.6 Å². The van der Waals surface area contributed by atoms with Crippen LogP contribution in [0.25, 0.3) is 0 Å². The molecule has 2 atom stereocenters. The van der Waals surface area contributed by atoms with Gasteiger partial charge in [0.2, 0.25) is 0 Å². The average Bonchev–Trinajstić information content (AvgIpc) is 2.92. The van der Waals surface area contributed by atoms with Gasteiger partial charge >= 0.3 is 0 Å². The van der Waals surface area contributed by atoms with Crippen molar-refractivity contribution in [1.82, 2.24) is 5.32 Å². The number of hydrogen-bond acceptors (Lipinski definition) is 2. The largest absolute Gasteiger partial charge is 0.378 e. The predicted octanol–water partition coefficient (Wildman–Crippen LogP) is 3.22. The third-order valence-electron chi connectivity index (χ3n) is 4.25. The molecule has 1 N–H and O–H groups in total. The van der Waals surface area contributed by atoms with E-state index in [4.69, 9.17) is 4.74 Å². The highest BCUT2D eigenvalue weighted by Gasteiger charge is 2.20. The quantitative estimate of drug-likeness (QED) is 0.879. The minimum absolute atomic E-state index is 0.510. The summed E-state index contributed by atoms with van der Waals surface area (Å²) in [6.45, 7) is 2.06. The zero-order valence-corrected chi connectivity index (χ0v) is 11.0. The second-order valence-corrected chi connectivity index (χ2v) is 5.52. The van der Waals surface area contributed by atoms with Crippen molar-refractivity contribution in [2.45, 2.75) is 50.7 Å². The summed E-state index contributed by atoms with van der Waals surface area (Å²) in [6, 6.07) is 9.46.